The van der Waals surface area contributed by atoms with Gasteiger partial charge in [-0.05, 0) is 61.6 Å². The Kier molecular flexibility index (Phi) is 6.05. The number of hydrogen-bond donors (Lipinski definition) is 1. The molecule has 0 unspecified atom stereocenters. The second-order valence-electron chi connectivity index (χ2n) is 7.15. The number of aryl methyl sites for hydroxylation is 2. The first-order valence-electron chi connectivity index (χ1n) is 9.30. The first-order chi connectivity index (χ1) is 13.3. The molecular weight excluding hydrogens is 376 g/mol. The number of nitrogens with one attached hydrogen (secondary N) is 1. The molecule has 7 heteroatoms. The fourth-order valence-electron chi connectivity index (χ4n) is 3.48. The molecule has 0 radical (unpaired) electrons. The molecule has 1 amide bonds. The minimum atomic E-state index is -3.71. The molecule has 0 saturated carbocycles. The predicted octanol–water partition coefficient (Wildman–Crippen LogP) is 2.82. The molecule has 150 valence electrons. The van der Waals surface area contributed by atoms with E-state index in [9.17, 15) is 13.2 Å². The zero-order valence-corrected chi connectivity index (χ0v) is 17.3. The second-order valence-corrected chi connectivity index (χ2v) is 9.20. The summed E-state index contributed by atoms with van der Waals surface area (Å²) >= 11 is 0. The molecule has 0 saturated heterocycles. The lowest BCUT2D eigenvalue weighted by atomic mass is 9.87. The number of rotatable bonds is 6. The summed E-state index contributed by atoms with van der Waals surface area (Å²) in [6, 6.07) is 12.4. The van der Waals surface area contributed by atoms with E-state index < -0.39 is 10.0 Å². The number of fused-ring (bicyclic) bond motifs is 1. The van der Waals surface area contributed by atoms with E-state index >= 15 is 0 Å². The van der Waals surface area contributed by atoms with Gasteiger partial charge in [-0.25, -0.2) is 8.42 Å². The van der Waals surface area contributed by atoms with Crippen LogP contribution < -0.4 is 10.1 Å². The molecule has 0 bridgehead atoms. The number of carbonyl (C=O) groups is 1. The van der Waals surface area contributed by atoms with Gasteiger partial charge < -0.3 is 10.1 Å². The Labute approximate surface area is 166 Å². The van der Waals surface area contributed by atoms with Crippen LogP contribution in [0.15, 0.2) is 47.4 Å². The highest BCUT2D eigenvalue weighted by molar-refractivity contribution is 7.89. The third-order valence-corrected chi connectivity index (χ3v) is 6.91. The Hall–Kier alpha value is -2.38. The fraction of sp³-hybridized carbons (Fsp3) is 0.381. The van der Waals surface area contributed by atoms with Crippen LogP contribution in [0.2, 0.25) is 0 Å². The Morgan fingerprint density at radius 3 is 2.61 bits per heavy atom. The summed E-state index contributed by atoms with van der Waals surface area (Å²) in [5, 5.41) is 2.99. The maximum absolute atomic E-state index is 12.7. The lowest BCUT2D eigenvalue weighted by molar-refractivity contribution is -0.122. The molecule has 1 atom stereocenters. The van der Waals surface area contributed by atoms with E-state index in [1.807, 2.05) is 25.1 Å². The molecule has 3 rings (SSSR count). The van der Waals surface area contributed by atoms with Crippen LogP contribution in [-0.2, 0) is 21.2 Å². The smallest absolute Gasteiger partial charge is 0.243 e. The lowest BCUT2D eigenvalue weighted by Gasteiger charge is -2.27. The van der Waals surface area contributed by atoms with E-state index in [2.05, 4.69) is 5.32 Å². The first-order valence-corrected chi connectivity index (χ1v) is 10.7. The van der Waals surface area contributed by atoms with Crippen molar-refractivity contribution in [2.24, 2.45) is 0 Å². The van der Waals surface area contributed by atoms with Gasteiger partial charge in [0.05, 0.1) is 24.6 Å². The number of hydrogen-bond acceptors (Lipinski definition) is 4. The van der Waals surface area contributed by atoms with Crippen molar-refractivity contribution < 1.29 is 17.9 Å². The van der Waals surface area contributed by atoms with Crippen molar-refractivity contribution in [1.82, 2.24) is 9.62 Å². The van der Waals surface area contributed by atoms with Crippen LogP contribution in [0.25, 0.3) is 0 Å². The fourth-order valence-corrected chi connectivity index (χ4v) is 4.61. The minimum absolute atomic E-state index is 0.113. The van der Waals surface area contributed by atoms with E-state index in [0.29, 0.717) is 0 Å². The first kappa shape index (κ1) is 20.4. The van der Waals surface area contributed by atoms with Gasteiger partial charge in [-0.2, -0.15) is 4.31 Å². The molecule has 6 nitrogen and oxygen atoms in total. The monoisotopic (exact) mass is 402 g/mol. The maximum Gasteiger partial charge on any atom is 0.243 e. The summed E-state index contributed by atoms with van der Waals surface area (Å²) in [7, 11) is -0.647. The molecule has 0 heterocycles. The summed E-state index contributed by atoms with van der Waals surface area (Å²) in [5.41, 5.74) is 3.22. The van der Waals surface area contributed by atoms with Gasteiger partial charge in [-0.1, -0.05) is 23.8 Å². The van der Waals surface area contributed by atoms with Crippen molar-refractivity contribution in [3.63, 3.8) is 0 Å². The highest BCUT2D eigenvalue weighted by Crippen LogP contribution is 2.32. The number of amides is 1. The third-order valence-electron chi connectivity index (χ3n) is 5.10. The highest BCUT2D eigenvalue weighted by Gasteiger charge is 2.26. The molecule has 0 fully saturated rings. The predicted molar refractivity (Wildman–Crippen MR) is 108 cm³/mol. The topological polar surface area (TPSA) is 75.7 Å². The molecule has 1 aliphatic carbocycles. The zero-order chi connectivity index (χ0) is 20.3. The van der Waals surface area contributed by atoms with Crippen molar-refractivity contribution in [2.45, 2.75) is 37.1 Å². The normalized spacial score (nSPS) is 16.5. The van der Waals surface area contributed by atoms with Crippen molar-refractivity contribution in [2.75, 3.05) is 20.7 Å². The van der Waals surface area contributed by atoms with Crippen LogP contribution in [0, 0.1) is 6.92 Å². The third kappa shape index (κ3) is 4.36. The van der Waals surface area contributed by atoms with E-state index in [4.69, 9.17) is 4.74 Å². The van der Waals surface area contributed by atoms with Crippen LogP contribution in [0.4, 0.5) is 0 Å². The molecule has 2 aromatic rings. The van der Waals surface area contributed by atoms with E-state index in [0.717, 1.165) is 46.0 Å². The van der Waals surface area contributed by atoms with Crippen LogP contribution >= 0.6 is 0 Å². The van der Waals surface area contributed by atoms with Crippen molar-refractivity contribution in [1.29, 1.82) is 0 Å². The highest BCUT2D eigenvalue weighted by atomic mass is 32.2. The van der Waals surface area contributed by atoms with Crippen LogP contribution in [0.1, 0.15) is 35.6 Å². The molecule has 1 aliphatic rings. The molecule has 2 aromatic carbocycles. The molecule has 0 aromatic heterocycles. The van der Waals surface area contributed by atoms with Crippen LogP contribution in [0.3, 0.4) is 0 Å². The van der Waals surface area contributed by atoms with Gasteiger partial charge >= 0.3 is 0 Å². The number of benzene rings is 2. The minimum Gasteiger partial charge on any atom is -0.497 e. The van der Waals surface area contributed by atoms with Gasteiger partial charge in [0.1, 0.15) is 5.75 Å². The van der Waals surface area contributed by atoms with Crippen LogP contribution in [0.5, 0.6) is 5.75 Å². The molecular formula is C21H26N2O4S. The standard InChI is InChI=1S/C21H26N2O4S/c1-15-7-10-18(11-8-15)28(25,26)23(2)14-21(24)22-20-6-4-5-16-13-17(27-3)9-12-19(16)20/h7-13,20H,4-6,14H2,1-3H3,(H,22,24)/t20-/m0/s1. The molecule has 0 spiro atoms. The SMILES string of the molecule is COc1ccc2c(c1)CCC[C@@H]2NC(=O)CN(C)S(=O)(=O)c1ccc(C)cc1. The number of methoxy groups -OCH3 is 1. The number of nitrogens with zero attached hydrogens (tertiary/aromatic N) is 1. The van der Waals surface area contributed by atoms with Gasteiger partial charge in [0.15, 0.2) is 0 Å². The Bertz CT molecular complexity index is 955. The Balaban J connectivity index is 1.68. The van der Waals surface area contributed by atoms with Gasteiger partial charge in [0.25, 0.3) is 0 Å². The molecule has 0 aliphatic heterocycles. The summed E-state index contributed by atoms with van der Waals surface area (Å²) in [5.74, 6) is 0.488. The van der Waals surface area contributed by atoms with Gasteiger partial charge in [-0.15, -0.1) is 0 Å². The van der Waals surface area contributed by atoms with Crippen LogP contribution in [-0.4, -0.2) is 39.3 Å². The quantitative estimate of drug-likeness (QED) is 0.806. The average molecular weight is 403 g/mol. The second kappa shape index (κ2) is 8.32. The van der Waals surface area contributed by atoms with Crippen molar-refractivity contribution in [3.05, 3.63) is 59.2 Å². The largest absolute Gasteiger partial charge is 0.497 e. The lowest BCUT2D eigenvalue weighted by Crippen LogP contribution is -2.40. The molecule has 28 heavy (non-hydrogen) atoms. The Morgan fingerprint density at radius 2 is 1.93 bits per heavy atom. The van der Waals surface area contributed by atoms with Crippen molar-refractivity contribution >= 4 is 15.9 Å². The summed E-state index contributed by atoms with van der Waals surface area (Å²) in [6.07, 6.45) is 2.74. The average Bonchev–Trinajstić information content (AvgIpc) is 2.68. The Morgan fingerprint density at radius 1 is 1.21 bits per heavy atom. The van der Waals surface area contributed by atoms with Gasteiger partial charge in [-0.3, -0.25) is 4.79 Å². The number of ether oxygens (including phenoxy) is 1. The summed E-state index contributed by atoms with van der Waals surface area (Å²) in [4.78, 5) is 12.7. The van der Waals surface area contributed by atoms with E-state index in [-0.39, 0.29) is 23.4 Å². The van der Waals surface area contributed by atoms with E-state index in [1.165, 1.54) is 7.05 Å². The molecule has 1 N–H and O–H groups in total. The number of carbonyl (C=O) groups excluding carboxylic acids is 1. The zero-order valence-electron chi connectivity index (χ0n) is 16.4. The summed E-state index contributed by atoms with van der Waals surface area (Å²) in [6.45, 7) is 1.67. The van der Waals surface area contributed by atoms with Gasteiger partial charge in [0.2, 0.25) is 15.9 Å². The number of sulfonamides is 1. The maximum atomic E-state index is 12.7. The summed E-state index contributed by atoms with van der Waals surface area (Å²) < 4.78 is 31.7. The number of likely N-dealkylation sites (N-methyl/N-ethyl adjacent to an activating group) is 1. The van der Waals surface area contributed by atoms with Crippen molar-refractivity contribution in [3.8, 4) is 5.75 Å². The van der Waals surface area contributed by atoms with Gasteiger partial charge in [0, 0.05) is 7.05 Å². The van der Waals surface area contributed by atoms with E-state index in [1.54, 1.807) is 31.4 Å².